The molecule has 4 aliphatic rings. The molecule has 0 amide bonds. The topological polar surface area (TPSA) is 95.0 Å². The zero-order chi connectivity index (χ0) is 22.0. The Morgan fingerprint density at radius 2 is 2.06 bits per heavy atom. The second-order valence-electron chi connectivity index (χ2n) is 9.15. The summed E-state index contributed by atoms with van der Waals surface area (Å²) in [5, 5.41) is 0. The van der Waals surface area contributed by atoms with E-state index in [0.717, 1.165) is 19.4 Å². The normalized spacial score (nSPS) is 38.4. The van der Waals surface area contributed by atoms with E-state index in [2.05, 4.69) is 21.8 Å². The van der Waals surface area contributed by atoms with Crippen LogP contribution in [0.1, 0.15) is 43.2 Å². The third-order valence-corrected chi connectivity index (χ3v) is 8.65. The first-order valence-electron chi connectivity index (χ1n) is 11.0. The maximum Gasteiger partial charge on any atom is 0.330 e. The van der Waals surface area contributed by atoms with Gasteiger partial charge in [0.25, 0.3) is 14.1 Å². The Bertz CT molecular complexity index is 1140. The number of nitrogens with one attached hydrogen (secondary N) is 1. The van der Waals surface area contributed by atoms with Crippen molar-refractivity contribution in [2.75, 3.05) is 13.2 Å². The summed E-state index contributed by atoms with van der Waals surface area (Å²) in [5.74, 6) is 0. The van der Waals surface area contributed by atoms with Crippen LogP contribution in [0.15, 0.2) is 46.1 Å². The number of fused-ring (bicyclic) bond motifs is 3. The lowest BCUT2D eigenvalue weighted by Gasteiger charge is -2.29. The van der Waals surface area contributed by atoms with Crippen LogP contribution in [0.3, 0.4) is 0 Å². The molecule has 0 saturated carbocycles. The molecule has 2 aromatic rings. The zero-order valence-electron chi connectivity index (χ0n) is 18.0. The molecule has 1 aromatic heterocycles. The van der Waals surface area contributed by atoms with Gasteiger partial charge in [0, 0.05) is 24.3 Å². The van der Waals surface area contributed by atoms with Crippen molar-refractivity contribution < 1.29 is 18.5 Å². The van der Waals surface area contributed by atoms with Gasteiger partial charge < -0.3 is 18.5 Å². The first kappa shape index (κ1) is 20.7. The van der Waals surface area contributed by atoms with Crippen molar-refractivity contribution in [3.8, 4) is 0 Å². The van der Waals surface area contributed by atoms with Gasteiger partial charge in [0.05, 0.1) is 6.61 Å². The fraction of sp³-hybridized carbons (Fsp3) is 0.545. The van der Waals surface area contributed by atoms with Gasteiger partial charge in [-0.05, 0) is 32.3 Å². The third kappa shape index (κ3) is 3.15. The summed E-state index contributed by atoms with van der Waals surface area (Å²) < 4.78 is 29.1. The third-order valence-electron chi connectivity index (χ3n) is 6.92. The second-order valence-corrected chi connectivity index (χ2v) is 10.6. The van der Waals surface area contributed by atoms with Gasteiger partial charge in [-0.1, -0.05) is 30.3 Å². The predicted molar refractivity (Wildman–Crippen MR) is 116 cm³/mol. The predicted octanol–water partition coefficient (Wildman–Crippen LogP) is 2.38. The first-order valence-corrected chi connectivity index (χ1v) is 12.1. The SMILES string of the molecule is Cc1cn([C@@H]2O[C@@]3(C)CO[C@H]2C3O[P@@]2O[C@H](c3ccccc3)[C@@H]3CCCN32)c(=O)[nH]c1=O. The Morgan fingerprint density at radius 1 is 1.25 bits per heavy atom. The van der Waals surface area contributed by atoms with Gasteiger partial charge in [-0.2, -0.15) is 0 Å². The number of hydrogen-bond donors (Lipinski definition) is 1. The smallest absolute Gasteiger partial charge is 0.330 e. The van der Waals surface area contributed by atoms with Crippen LogP contribution in [0.25, 0.3) is 0 Å². The first-order chi connectivity index (χ1) is 15.4. The fourth-order valence-corrected chi connectivity index (χ4v) is 7.31. The number of aromatic amines is 1. The van der Waals surface area contributed by atoms with Gasteiger partial charge in [-0.15, -0.1) is 0 Å². The van der Waals surface area contributed by atoms with Crippen molar-refractivity contribution in [1.29, 1.82) is 0 Å². The zero-order valence-corrected chi connectivity index (χ0v) is 18.9. The quantitative estimate of drug-likeness (QED) is 0.702. The van der Waals surface area contributed by atoms with Crippen molar-refractivity contribution >= 4 is 8.53 Å². The number of aryl methyl sites for hydroxylation is 1. The molecule has 1 aromatic carbocycles. The Hall–Kier alpha value is -1.87. The molecule has 0 spiro atoms. The van der Waals surface area contributed by atoms with Gasteiger partial charge in [-0.3, -0.25) is 14.3 Å². The van der Waals surface area contributed by atoms with Crippen LogP contribution >= 0.6 is 8.53 Å². The van der Waals surface area contributed by atoms with Crippen LogP contribution in [0, 0.1) is 6.92 Å². The summed E-state index contributed by atoms with van der Waals surface area (Å²) in [7, 11) is -1.28. The number of rotatable bonds is 4. The van der Waals surface area contributed by atoms with E-state index in [0.29, 0.717) is 18.2 Å². The Balaban J connectivity index is 1.27. The summed E-state index contributed by atoms with van der Waals surface area (Å²) in [6.07, 6.45) is 2.19. The van der Waals surface area contributed by atoms with Gasteiger partial charge in [0.2, 0.25) is 0 Å². The van der Waals surface area contributed by atoms with Crippen LogP contribution in [0.5, 0.6) is 0 Å². The van der Waals surface area contributed by atoms with Crippen LogP contribution in [0.2, 0.25) is 0 Å². The fourth-order valence-electron chi connectivity index (χ4n) is 5.24. The molecule has 4 aliphatic heterocycles. The van der Waals surface area contributed by atoms with E-state index >= 15 is 0 Å². The lowest BCUT2D eigenvalue weighted by atomic mass is 10.0. The van der Waals surface area contributed by atoms with Gasteiger partial charge in [-0.25, -0.2) is 9.46 Å². The highest BCUT2D eigenvalue weighted by molar-refractivity contribution is 7.45. The molecular formula is C22H26N3O6P. The van der Waals surface area contributed by atoms with E-state index in [4.69, 9.17) is 18.5 Å². The minimum Gasteiger partial charge on any atom is -0.368 e. The van der Waals surface area contributed by atoms with Gasteiger partial charge in [0.1, 0.15) is 23.9 Å². The average molecular weight is 459 g/mol. The van der Waals surface area contributed by atoms with Crippen molar-refractivity contribution in [3.63, 3.8) is 0 Å². The van der Waals surface area contributed by atoms with Crippen LogP contribution in [-0.4, -0.2) is 51.2 Å². The molecule has 170 valence electrons. The molecular weight excluding hydrogens is 433 g/mol. The van der Waals surface area contributed by atoms with Gasteiger partial charge in [0.15, 0.2) is 6.23 Å². The maximum atomic E-state index is 12.5. The summed E-state index contributed by atoms with van der Waals surface area (Å²) in [5.41, 5.74) is -0.0169. The number of H-pyrrole nitrogens is 1. The molecule has 7 atom stereocenters. The van der Waals surface area contributed by atoms with Crippen LogP contribution in [0.4, 0.5) is 0 Å². The maximum absolute atomic E-state index is 12.5. The number of benzene rings is 1. The summed E-state index contributed by atoms with van der Waals surface area (Å²) in [6, 6.07) is 10.6. The molecule has 2 bridgehead atoms. The largest absolute Gasteiger partial charge is 0.368 e. The molecule has 6 rings (SSSR count). The molecule has 10 heteroatoms. The monoisotopic (exact) mass is 459 g/mol. The number of nitrogens with zero attached hydrogens (tertiary/aromatic N) is 2. The van der Waals surface area contributed by atoms with E-state index in [1.807, 2.05) is 25.1 Å². The molecule has 1 unspecified atom stereocenters. The standard InChI is InChI=1S/C22H26N3O6P/c1-13-11-24(21(27)23-19(13)26)20-17-18(22(2,29-20)12-28-17)31-32-25-10-6-9-15(25)16(30-32)14-7-4-3-5-8-14/h3-5,7-8,11,15-18,20H,6,9-10,12H2,1-2H3,(H,23,26,27)/t15-,16+,17-,18?,20+,22-,32+/m0/s1. The molecule has 0 radical (unpaired) electrons. The Morgan fingerprint density at radius 3 is 2.88 bits per heavy atom. The summed E-state index contributed by atoms with van der Waals surface area (Å²) in [4.78, 5) is 26.6. The minimum absolute atomic E-state index is 0.0150. The van der Waals surface area contributed by atoms with Crippen LogP contribution < -0.4 is 11.2 Å². The highest BCUT2D eigenvalue weighted by Gasteiger charge is 2.63. The van der Waals surface area contributed by atoms with Gasteiger partial charge >= 0.3 is 5.69 Å². The van der Waals surface area contributed by atoms with E-state index in [-0.39, 0.29) is 12.2 Å². The Kier molecular flexibility index (Phi) is 4.91. The van der Waals surface area contributed by atoms with Crippen molar-refractivity contribution in [1.82, 2.24) is 14.2 Å². The highest BCUT2D eigenvalue weighted by atomic mass is 31.2. The lowest BCUT2D eigenvalue weighted by molar-refractivity contribution is -0.167. The van der Waals surface area contributed by atoms with E-state index in [9.17, 15) is 9.59 Å². The van der Waals surface area contributed by atoms with Crippen molar-refractivity contribution in [2.45, 2.75) is 62.9 Å². The minimum atomic E-state index is -1.28. The van der Waals surface area contributed by atoms with E-state index in [1.165, 1.54) is 16.3 Å². The summed E-state index contributed by atoms with van der Waals surface area (Å²) in [6.45, 7) is 4.93. The molecule has 9 nitrogen and oxygen atoms in total. The number of aromatic nitrogens is 2. The molecule has 32 heavy (non-hydrogen) atoms. The Labute approximate surface area is 186 Å². The molecule has 5 heterocycles. The molecule has 4 fully saturated rings. The van der Waals surface area contributed by atoms with Crippen molar-refractivity contribution in [3.05, 3.63) is 68.5 Å². The summed E-state index contributed by atoms with van der Waals surface area (Å²) >= 11 is 0. The lowest BCUT2D eigenvalue weighted by Crippen LogP contribution is -2.40. The van der Waals surface area contributed by atoms with E-state index in [1.54, 1.807) is 6.92 Å². The second kappa shape index (κ2) is 7.58. The average Bonchev–Trinajstić information content (AvgIpc) is 3.51. The molecule has 1 N–H and O–H groups in total. The molecule has 0 aliphatic carbocycles. The van der Waals surface area contributed by atoms with E-state index < -0.39 is 37.7 Å². The molecule has 4 saturated heterocycles. The highest BCUT2D eigenvalue weighted by Crippen LogP contribution is 2.63. The number of ether oxygens (including phenoxy) is 2. The van der Waals surface area contributed by atoms with Crippen LogP contribution in [-0.2, 0) is 18.5 Å². The number of hydrogen-bond acceptors (Lipinski definition) is 7. The van der Waals surface area contributed by atoms with Crippen molar-refractivity contribution in [2.24, 2.45) is 0 Å².